The molecule has 9 heteroatoms. The van der Waals surface area contributed by atoms with Gasteiger partial charge in [-0.25, -0.2) is 9.67 Å². The van der Waals surface area contributed by atoms with Crippen LogP contribution in [0.1, 0.15) is 31.7 Å². The van der Waals surface area contributed by atoms with Gasteiger partial charge in [0.05, 0.1) is 19.3 Å². The number of rotatable bonds is 4. The van der Waals surface area contributed by atoms with Gasteiger partial charge in [-0.15, -0.1) is 5.10 Å². The van der Waals surface area contributed by atoms with Crippen molar-refractivity contribution in [3.8, 4) is 17.1 Å². The lowest BCUT2D eigenvalue weighted by Gasteiger charge is -2.28. The predicted octanol–water partition coefficient (Wildman–Crippen LogP) is 0.434. The first kappa shape index (κ1) is 16.9. The molecule has 25 heavy (non-hydrogen) atoms. The molecule has 0 atom stereocenters. The molecule has 0 unspecified atom stereocenters. The number of nitrogens with zero attached hydrogens (tertiary/aromatic N) is 4. The average molecular weight is 344 g/mol. The highest BCUT2D eigenvalue weighted by molar-refractivity contribution is 6.34. The molecule has 0 aromatic carbocycles. The number of carbonyl (C=O) groups is 2. The molecule has 132 valence electrons. The monoisotopic (exact) mass is 344 g/mol. The van der Waals surface area contributed by atoms with E-state index >= 15 is 0 Å². The van der Waals surface area contributed by atoms with Crippen LogP contribution in [-0.2, 0) is 9.59 Å². The Morgan fingerprint density at radius 3 is 2.64 bits per heavy atom. The number of hydrogen-bond acceptors (Lipinski definition) is 6. The van der Waals surface area contributed by atoms with Crippen LogP contribution >= 0.6 is 0 Å². The maximum absolute atomic E-state index is 11.3. The summed E-state index contributed by atoms with van der Waals surface area (Å²) in [6.07, 6.45) is 6.81. The molecule has 1 aliphatic rings. The molecule has 1 aliphatic carbocycles. The van der Waals surface area contributed by atoms with Crippen molar-refractivity contribution >= 4 is 11.8 Å². The van der Waals surface area contributed by atoms with Gasteiger partial charge in [0, 0.05) is 23.9 Å². The van der Waals surface area contributed by atoms with E-state index in [1.165, 1.54) is 0 Å². The van der Waals surface area contributed by atoms with Crippen molar-refractivity contribution in [1.82, 2.24) is 25.3 Å². The number of aromatic nitrogens is 4. The molecule has 2 aromatic rings. The number of primary amides is 1. The number of nitrogens with one attached hydrogen (secondary N) is 1. The van der Waals surface area contributed by atoms with E-state index in [1.54, 1.807) is 19.4 Å². The van der Waals surface area contributed by atoms with Gasteiger partial charge < -0.3 is 15.8 Å². The Hall–Kier alpha value is -2.97. The number of nitrogens with two attached hydrogens (primary N) is 1. The highest BCUT2D eigenvalue weighted by Crippen LogP contribution is 2.29. The minimum absolute atomic E-state index is 0.0231. The Morgan fingerprint density at radius 2 is 2.04 bits per heavy atom. The van der Waals surface area contributed by atoms with E-state index in [2.05, 4.69) is 20.6 Å². The number of amides is 2. The SMILES string of the molecule is COc1ccc(-c2cn(C3CCC(NC(=O)C(N)=O)CC3)nn2)cn1. The van der Waals surface area contributed by atoms with Crippen LogP contribution in [-0.4, -0.2) is 44.9 Å². The standard InChI is InChI=1S/C16H20N6O3/c1-25-14-7-2-10(8-18-14)13-9-22(21-20-13)12-5-3-11(4-6-12)19-16(24)15(17)23/h2,7-9,11-12H,3-6H2,1H3,(H2,17,23)(H,19,24). The summed E-state index contributed by atoms with van der Waals surface area (Å²) in [5.41, 5.74) is 6.58. The van der Waals surface area contributed by atoms with Crippen LogP contribution < -0.4 is 15.8 Å². The highest BCUT2D eigenvalue weighted by atomic mass is 16.5. The fraction of sp³-hybridized carbons (Fsp3) is 0.438. The van der Waals surface area contributed by atoms with E-state index in [9.17, 15) is 9.59 Å². The van der Waals surface area contributed by atoms with Crippen LogP contribution in [0.4, 0.5) is 0 Å². The summed E-state index contributed by atoms with van der Waals surface area (Å²) in [5.74, 6) is -1.12. The third-order valence-corrected chi connectivity index (χ3v) is 4.38. The number of carbonyl (C=O) groups excluding carboxylic acids is 2. The van der Waals surface area contributed by atoms with Gasteiger partial charge in [-0.2, -0.15) is 0 Å². The van der Waals surface area contributed by atoms with Gasteiger partial charge in [-0.05, 0) is 31.7 Å². The van der Waals surface area contributed by atoms with Gasteiger partial charge in [-0.1, -0.05) is 5.21 Å². The number of ether oxygens (including phenoxy) is 1. The molecule has 9 nitrogen and oxygen atoms in total. The van der Waals surface area contributed by atoms with E-state index in [0.29, 0.717) is 5.88 Å². The van der Waals surface area contributed by atoms with E-state index in [0.717, 1.165) is 36.9 Å². The summed E-state index contributed by atoms with van der Waals surface area (Å²) < 4.78 is 6.90. The lowest BCUT2D eigenvalue weighted by molar-refractivity contribution is -0.137. The predicted molar refractivity (Wildman–Crippen MR) is 88.4 cm³/mol. The van der Waals surface area contributed by atoms with Gasteiger partial charge in [0.1, 0.15) is 5.69 Å². The molecular formula is C16H20N6O3. The molecule has 2 heterocycles. The molecule has 2 amide bonds. The third-order valence-electron chi connectivity index (χ3n) is 4.38. The maximum atomic E-state index is 11.3. The zero-order valence-corrected chi connectivity index (χ0v) is 13.9. The smallest absolute Gasteiger partial charge is 0.309 e. The quantitative estimate of drug-likeness (QED) is 0.775. The molecule has 3 N–H and O–H groups in total. The zero-order chi connectivity index (χ0) is 17.8. The third kappa shape index (κ3) is 3.93. The van der Waals surface area contributed by atoms with Crippen LogP contribution in [0.25, 0.3) is 11.3 Å². The second-order valence-corrected chi connectivity index (χ2v) is 6.02. The molecule has 0 bridgehead atoms. The first-order chi connectivity index (χ1) is 12.1. The Morgan fingerprint density at radius 1 is 1.28 bits per heavy atom. The molecular weight excluding hydrogens is 324 g/mol. The summed E-state index contributed by atoms with van der Waals surface area (Å²) in [7, 11) is 1.57. The van der Waals surface area contributed by atoms with Crippen molar-refractivity contribution < 1.29 is 14.3 Å². The zero-order valence-electron chi connectivity index (χ0n) is 13.9. The minimum atomic E-state index is -0.948. The van der Waals surface area contributed by atoms with Gasteiger partial charge in [0.25, 0.3) is 0 Å². The van der Waals surface area contributed by atoms with Crippen molar-refractivity contribution in [3.63, 3.8) is 0 Å². The molecule has 3 rings (SSSR count). The Labute approximate surface area is 144 Å². The summed E-state index contributed by atoms with van der Waals surface area (Å²) in [6, 6.07) is 3.86. The summed E-state index contributed by atoms with van der Waals surface area (Å²) in [4.78, 5) is 26.3. The second kappa shape index (κ2) is 7.29. The van der Waals surface area contributed by atoms with Gasteiger partial charge in [0.2, 0.25) is 5.88 Å². The minimum Gasteiger partial charge on any atom is -0.481 e. The first-order valence-corrected chi connectivity index (χ1v) is 8.09. The van der Waals surface area contributed by atoms with E-state index < -0.39 is 11.8 Å². The van der Waals surface area contributed by atoms with Crippen LogP contribution in [0.15, 0.2) is 24.5 Å². The molecule has 0 aliphatic heterocycles. The largest absolute Gasteiger partial charge is 0.481 e. The molecule has 2 aromatic heterocycles. The molecule has 1 saturated carbocycles. The highest BCUT2D eigenvalue weighted by Gasteiger charge is 2.25. The van der Waals surface area contributed by atoms with Gasteiger partial charge in [-0.3, -0.25) is 9.59 Å². The van der Waals surface area contributed by atoms with Crippen molar-refractivity contribution in [3.05, 3.63) is 24.5 Å². The number of methoxy groups -OCH3 is 1. The summed E-state index contributed by atoms with van der Waals surface area (Å²) in [5, 5.41) is 11.1. The normalized spacial score (nSPS) is 20.0. The molecule has 0 spiro atoms. The lowest BCUT2D eigenvalue weighted by Crippen LogP contribution is -2.44. The maximum Gasteiger partial charge on any atom is 0.309 e. The average Bonchev–Trinajstić information content (AvgIpc) is 3.12. The van der Waals surface area contributed by atoms with Crippen LogP contribution in [0.5, 0.6) is 5.88 Å². The van der Waals surface area contributed by atoms with Crippen molar-refractivity contribution in [2.45, 2.75) is 37.8 Å². The summed E-state index contributed by atoms with van der Waals surface area (Å²) in [6.45, 7) is 0. The first-order valence-electron chi connectivity index (χ1n) is 8.09. The van der Waals surface area contributed by atoms with E-state index in [1.807, 2.05) is 16.9 Å². The topological polar surface area (TPSA) is 125 Å². The fourth-order valence-corrected chi connectivity index (χ4v) is 2.98. The Bertz CT molecular complexity index is 749. The van der Waals surface area contributed by atoms with Crippen LogP contribution in [0, 0.1) is 0 Å². The van der Waals surface area contributed by atoms with Gasteiger partial charge in [0.15, 0.2) is 0 Å². The number of pyridine rings is 1. The van der Waals surface area contributed by atoms with E-state index in [4.69, 9.17) is 10.5 Å². The van der Waals surface area contributed by atoms with Crippen molar-refractivity contribution in [2.75, 3.05) is 7.11 Å². The van der Waals surface area contributed by atoms with Crippen LogP contribution in [0.2, 0.25) is 0 Å². The molecule has 0 radical (unpaired) electrons. The fourth-order valence-electron chi connectivity index (χ4n) is 2.98. The molecule has 1 fully saturated rings. The van der Waals surface area contributed by atoms with Gasteiger partial charge >= 0.3 is 11.8 Å². The summed E-state index contributed by atoms with van der Waals surface area (Å²) >= 11 is 0. The van der Waals surface area contributed by atoms with Crippen molar-refractivity contribution in [1.29, 1.82) is 0 Å². The Balaban J connectivity index is 1.60. The van der Waals surface area contributed by atoms with Crippen LogP contribution in [0.3, 0.4) is 0 Å². The molecule has 0 saturated heterocycles. The Kier molecular flexibility index (Phi) is 4.92. The van der Waals surface area contributed by atoms with Crippen molar-refractivity contribution in [2.24, 2.45) is 5.73 Å². The lowest BCUT2D eigenvalue weighted by atomic mass is 9.91. The number of hydrogen-bond donors (Lipinski definition) is 2. The van der Waals surface area contributed by atoms with E-state index in [-0.39, 0.29) is 12.1 Å². The second-order valence-electron chi connectivity index (χ2n) is 6.02.